The fraction of sp³-hybridized carbons (Fsp3) is 0.571. The SMILES string of the molecule is CCN1CCCCC1Cc1nc2c(Cl)cccn2n1. The molecule has 0 N–H and O–H groups in total. The Balaban J connectivity index is 1.82. The van der Waals surface area contributed by atoms with Crippen molar-refractivity contribution in [3.8, 4) is 0 Å². The number of fused-ring (bicyclic) bond motifs is 1. The number of likely N-dealkylation sites (tertiary alicyclic amines) is 1. The lowest BCUT2D eigenvalue weighted by Crippen LogP contribution is -2.40. The molecule has 1 saturated heterocycles. The minimum atomic E-state index is 0.579. The number of hydrogen-bond donors (Lipinski definition) is 0. The van der Waals surface area contributed by atoms with Gasteiger partial charge in [0.1, 0.15) is 0 Å². The first-order valence-electron chi connectivity index (χ1n) is 7.01. The van der Waals surface area contributed by atoms with Gasteiger partial charge in [0.15, 0.2) is 11.5 Å². The van der Waals surface area contributed by atoms with E-state index < -0.39 is 0 Å². The quantitative estimate of drug-likeness (QED) is 0.866. The fourth-order valence-corrected chi connectivity index (χ4v) is 3.12. The van der Waals surface area contributed by atoms with Crippen molar-refractivity contribution >= 4 is 17.2 Å². The highest BCUT2D eigenvalue weighted by atomic mass is 35.5. The van der Waals surface area contributed by atoms with Crippen molar-refractivity contribution in [1.29, 1.82) is 0 Å². The molecular formula is C14H19ClN4. The third-order valence-electron chi connectivity index (χ3n) is 3.93. The highest BCUT2D eigenvalue weighted by Gasteiger charge is 2.22. The third kappa shape index (κ3) is 2.60. The molecule has 1 aliphatic heterocycles. The average molecular weight is 279 g/mol. The number of aromatic nitrogens is 3. The van der Waals surface area contributed by atoms with Gasteiger partial charge >= 0.3 is 0 Å². The van der Waals surface area contributed by atoms with Gasteiger partial charge in [0.25, 0.3) is 0 Å². The molecule has 5 heteroatoms. The molecule has 0 spiro atoms. The van der Waals surface area contributed by atoms with E-state index in [1.807, 2.05) is 18.3 Å². The van der Waals surface area contributed by atoms with Crippen LogP contribution in [0.15, 0.2) is 18.3 Å². The number of piperidine rings is 1. The monoisotopic (exact) mass is 278 g/mol. The van der Waals surface area contributed by atoms with Crippen LogP contribution in [-0.2, 0) is 6.42 Å². The van der Waals surface area contributed by atoms with Gasteiger partial charge in [0.2, 0.25) is 0 Å². The van der Waals surface area contributed by atoms with E-state index in [-0.39, 0.29) is 0 Å². The highest BCUT2D eigenvalue weighted by Crippen LogP contribution is 2.20. The summed E-state index contributed by atoms with van der Waals surface area (Å²) in [5.74, 6) is 0.901. The summed E-state index contributed by atoms with van der Waals surface area (Å²) in [7, 11) is 0. The minimum absolute atomic E-state index is 0.579. The van der Waals surface area contributed by atoms with Gasteiger partial charge in [-0.1, -0.05) is 24.9 Å². The molecule has 0 amide bonds. The van der Waals surface area contributed by atoms with Gasteiger partial charge in [-0.25, -0.2) is 9.50 Å². The van der Waals surface area contributed by atoms with Crippen LogP contribution in [-0.4, -0.2) is 38.6 Å². The summed E-state index contributed by atoms with van der Waals surface area (Å²) in [6.45, 7) is 4.54. The third-order valence-corrected chi connectivity index (χ3v) is 4.23. The van der Waals surface area contributed by atoms with Crippen LogP contribution in [0.1, 0.15) is 32.0 Å². The van der Waals surface area contributed by atoms with Gasteiger partial charge in [-0.15, -0.1) is 0 Å². The number of hydrogen-bond acceptors (Lipinski definition) is 3. The second-order valence-electron chi connectivity index (χ2n) is 5.13. The van der Waals surface area contributed by atoms with Crippen molar-refractivity contribution in [3.05, 3.63) is 29.2 Å². The minimum Gasteiger partial charge on any atom is -0.300 e. The van der Waals surface area contributed by atoms with Crippen LogP contribution in [0.4, 0.5) is 0 Å². The van der Waals surface area contributed by atoms with E-state index in [0.717, 1.165) is 24.4 Å². The van der Waals surface area contributed by atoms with Gasteiger partial charge in [-0.3, -0.25) is 0 Å². The smallest absolute Gasteiger partial charge is 0.174 e. The van der Waals surface area contributed by atoms with E-state index in [4.69, 9.17) is 11.6 Å². The molecule has 0 radical (unpaired) electrons. The number of halogens is 1. The molecule has 2 aromatic heterocycles. The predicted octanol–water partition coefficient (Wildman–Crippen LogP) is 2.80. The standard InChI is InChI=1S/C14H19ClN4/c1-2-18-8-4-3-6-11(18)10-13-16-14-12(15)7-5-9-19(14)17-13/h5,7,9,11H,2-4,6,8,10H2,1H3. The maximum Gasteiger partial charge on any atom is 0.174 e. The van der Waals surface area contributed by atoms with Gasteiger partial charge in [-0.2, -0.15) is 5.10 Å². The van der Waals surface area contributed by atoms with Crippen molar-refractivity contribution in [3.63, 3.8) is 0 Å². The van der Waals surface area contributed by atoms with Gasteiger partial charge in [0, 0.05) is 18.7 Å². The first kappa shape index (κ1) is 12.9. The van der Waals surface area contributed by atoms with Crippen molar-refractivity contribution < 1.29 is 0 Å². The van der Waals surface area contributed by atoms with Crippen molar-refractivity contribution in [1.82, 2.24) is 19.5 Å². The molecule has 102 valence electrons. The Morgan fingerprint density at radius 3 is 3.11 bits per heavy atom. The van der Waals surface area contributed by atoms with Crippen molar-refractivity contribution in [2.24, 2.45) is 0 Å². The lowest BCUT2D eigenvalue weighted by Gasteiger charge is -2.34. The lowest BCUT2D eigenvalue weighted by atomic mass is 9.99. The summed E-state index contributed by atoms with van der Waals surface area (Å²) < 4.78 is 1.77. The van der Waals surface area contributed by atoms with Crippen LogP contribution in [0.3, 0.4) is 0 Å². The molecule has 3 heterocycles. The molecule has 1 fully saturated rings. The Labute approximate surface area is 118 Å². The largest absolute Gasteiger partial charge is 0.300 e. The van der Waals surface area contributed by atoms with Crippen LogP contribution in [0.5, 0.6) is 0 Å². The second kappa shape index (κ2) is 5.47. The first-order chi connectivity index (χ1) is 9.28. The Morgan fingerprint density at radius 1 is 1.42 bits per heavy atom. The molecule has 19 heavy (non-hydrogen) atoms. The molecule has 3 rings (SSSR count). The zero-order chi connectivity index (χ0) is 13.2. The van der Waals surface area contributed by atoms with E-state index in [1.54, 1.807) is 4.52 Å². The van der Waals surface area contributed by atoms with Crippen molar-refractivity contribution in [2.45, 2.75) is 38.6 Å². The maximum atomic E-state index is 6.14. The van der Waals surface area contributed by atoms with Crippen LogP contribution < -0.4 is 0 Å². The molecule has 4 nitrogen and oxygen atoms in total. The number of rotatable bonds is 3. The summed E-state index contributed by atoms with van der Waals surface area (Å²) in [6.07, 6.45) is 6.70. The molecular weight excluding hydrogens is 260 g/mol. The molecule has 1 unspecified atom stereocenters. The Bertz CT molecular complexity index is 566. The first-order valence-corrected chi connectivity index (χ1v) is 7.39. The number of pyridine rings is 1. The average Bonchev–Trinajstić information content (AvgIpc) is 2.83. The molecule has 0 saturated carbocycles. The number of likely N-dealkylation sites (N-methyl/N-ethyl adjacent to an activating group) is 1. The molecule has 0 aliphatic carbocycles. The predicted molar refractivity (Wildman–Crippen MR) is 76.6 cm³/mol. The molecule has 0 bridgehead atoms. The summed E-state index contributed by atoms with van der Waals surface area (Å²) in [4.78, 5) is 7.11. The zero-order valence-electron chi connectivity index (χ0n) is 11.2. The Hall–Kier alpha value is -1.13. The van der Waals surface area contributed by atoms with E-state index in [2.05, 4.69) is 21.9 Å². The second-order valence-corrected chi connectivity index (χ2v) is 5.54. The summed E-state index contributed by atoms with van der Waals surface area (Å²) in [6, 6.07) is 4.33. The topological polar surface area (TPSA) is 33.4 Å². The number of nitrogens with zero attached hydrogens (tertiary/aromatic N) is 4. The Morgan fingerprint density at radius 2 is 2.32 bits per heavy atom. The Kier molecular flexibility index (Phi) is 3.71. The van der Waals surface area contributed by atoms with E-state index in [1.165, 1.54) is 25.8 Å². The molecule has 1 atom stereocenters. The molecule has 2 aromatic rings. The van der Waals surface area contributed by atoms with Crippen LogP contribution in [0.25, 0.3) is 5.65 Å². The molecule has 1 aliphatic rings. The normalized spacial score (nSPS) is 21.1. The van der Waals surface area contributed by atoms with Gasteiger partial charge < -0.3 is 4.90 Å². The summed E-state index contributed by atoms with van der Waals surface area (Å²) in [5, 5.41) is 5.19. The van der Waals surface area contributed by atoms with E-state index in [9.17, 15) is 0 Å². The summed E-state index contributed by atoms with van der Waals surface area (Å²) >= 11 is 6.14. The van der Waals surface area contributed by atoms with E-state index >= 15 is 0 Å². The zero-order valence-corrected chi connectivity index (χ0v) is 12.0. The fourth-order valence-electron chi connectivity index (χ4n) is 2.92. The maximum absolute atomic E-state index is 6.14. The molecule has 0 aromatic carbocycles. The van der Waals surface area contributed by atoms with Gasteiger partial charge in [0.05, 0.1) is 5.02 Å². The van der Waals surface area contributed by atoms with Gasteiger partial charge in [-0.05, 0) is 38.1 Å². The highest BCUT2D eigenvalue weighted by molar-refractivity contribution is 6.33. The van der Waals surface area contributed by atoms with Crippen LogP contribution >= 0.6 is 11.6 Å². The van der Waals surface area contributed by atoms with Crippen LogP contribution in [0, 0.1) is 0 Å². The van der Waals surface area contributed by atoms with E-state index in [0.29, 0.717) is 11.1 Å². The van der Waals surface area contributed by atoms with Crippen LogP contribution in [0.2, 0.25) is 5.02 Å². The summed E-state index contributed by atoms with van der Waals surface area (Å²) in [5.41, 5.74) is 0.762. The lowest BCUT2D eigenvalue weighted by molar-refractivity contribution is 0.154. The van der Waals surface area contributed by atoms with Crippen molar-refractivity contribution in [2.75, 3.05) is 13.1 Å².